The van der Waals surface area contributed by atoms with Crippen LogP contribution in [0.3, 0.4) is 0 Å². The van der Waals surface area contributed by atoms with Crippen LogP contribution in [0.1, 0.15) is 5.56 Å². The summed E-state index contributed by atoms with van der Waals surface area (Å²) >= 11 is 0. The van der Waals surface area contributed by atoms with E-state index in [0.717, 1.165) is 28.2 Å². The first kappa shape index (κ1) is 13.0. The molecule has 0 saturated carbocycles. The third-order valence-corrected chi connectivity index (χ3v) is 2.97. The molecule has 2 aromatic rings. The maximum Gasteiger partial charge on any atom is 0.123 e. The van der Waals surface area contributed by atoms with E-state index in [4.69, 9.17) is 15.9 Å². The monoisotopic (exact) mass is 252 g/mol. The fourth-order valence-corrected chi connectivity index (χ4v) is 2.03. The van der Waals surface area contributed by atoms with Crippen LogP contribution in [-0.4, -0.2) is 14.2 Å². The van der Waals surface area contributed by atoms with Crippen molar-refractivity contribution in [1.82, 2.24) is 0 Å². The minimum absolute atomic E-state index is 0.607. The molecule has 2 heteroatoms. The normalized spacial score (nSPS) is 9.74. The lowest BCUT2D eigenvalue weighted by Crippen LogP contribution is -1.92. The summed E-state index contributed by atoms with van der Waals surface area (Å²) in [7, 11) is 3.29. The highest BCUT2D eigenvalue weighted by Gasteiger charge is 2.07. The van der Waals surface area contributed by atoms with E-state index < -0.39 is 0 Å². The Labute approximate surface area is 114 Å². The maximum absolute atomic E-state index is 5.42. The molecule has 0 bridgehead atoms. The molecule has 0 amide bonds. The van der Waals surface area contributed by atoms with Crippen LogP contribution in [0, 0.1) is 12.3 Å². The van der Waals surface area contributed by atoms with Crippen LogP contribution in [0.5, 0.6) is 11.5 Å². The number of methoxy groups -OCH3 is 2. The third kappa shape index (κ3) is 2.89. The van der Waals surface area contributed by atoms with Crippen molar-refractivity contribution in [2.24, 2.45) is 0 Å². The zero-order valence-corrected chi connectivity index (χ0v) is 11.1. The van der Waals surface area contributed by atoms with Gasteiger partial charge in [-0.3, -0.25) is 0 Å². The fraction of sp³-hybridized carbons (Fsp3) is 0.176. The predicted molar refractivity (Wildman–Crippen MR) is 77.5 cm³/mol. The third-order valence-electron chi connectivity index (χ3n) is 2.97. The van der Waals surface area contributed by atoms with Gasteiger partial charge in [-0.2, -0.15) is 0 Å². The lowest BCUT2D eigenvalue weighted by Gasteiger charge is -2.11. The summed E-state index contributed by atoms with van der Waals surface area (Å²) in [6.45, 7) is 0. The van der Waals surface area contributed by atoms with E-state index in [9.17, 15) is 0 Å². The summed E-state index contributed by atoms with van der Waals surface area (Å²) in [5.74, 6) is 4.23. The van der Waals surface area contributed by atoms with E-state index >= 15 is 0 Å². The van der Waals surface area contributed by atoms with Gasteiger partial charge in [-0.1, -0.05) is 24.3 Å². The largest absolute Gasteiger partial charge is 0.497 e. The second kappa shape index (κ2) is 5.97. The quantitative estimate of drug-likeness (QED) is 0.775. The Balaban J connectivity index is 2.55. The molecular weight excluding hydrogens is 236 g/mol. The molecule has 0 N–H and O–H groups in total. The smallest absolute Gasteiger partial charge is 0.123 e. The Morgan fingerprint density at radius 3 is 2.21 bits per heavy atom. The van der Waals surface area contributed by atoms with E-state index in [0.29, 0.717) is 6.42 Å². The van der Waals surface area contributed by atoms with Gasteiger partial charge in [0.1, 0.15) is 11.5 Å². The zero-order valence-electron chi connectivity index (χ0n) is 11.1. The SMILES string of the molecule is C#CCc1ccccc1-c1cc(OC)cc(OC)c1. The molecule has 0 unspecified atom stereocenters. The molecule has 0 heterocycles. The molecule has 0 aromatic heterocycles. The molecule has 2 nitrogen and oxygen atoms in total. The van der Waals surface area contributed by atoms with Crippen molar-refractivity contribution in [2.45, 2.75) is 6.42 Å². The lowest BCUT2D eigenvalue weighted by molar-refractivity contribution is 0.394. The molecule has 0 atom stereocenters. The minimum Gasteiger partial charge on any atom is -0.497 e. The molecule has 0 aliphatic heterocycles. The van der Waals surface area contributed by atoms with E-state index in [1.54, 1.807) is 14.2 Å². The van der Waals surface area contributed by atoms with Crippen molar-refractivity contribution >= 4 is 0 Å². The van der Waals surface area contributed by atoms with Crippen molar-refractivity contribution < 1.29 is 9.47 Å². The molecule has 96 valence electrons. The van der Waals surface area contributed by atoms with E-state index in [-0.39, 0.29) is 0 Å². The first-order valence-electron chi connectivity index (χ1n) is 6.03. The van der Waals surface area contributed by atoms with E-state index in [1.807, 2.05) is 36.4 Å². The first-order valence-corrected chi connectivity index (χ1v) is 6.03. The number of terminal acetylenes is 1. The number of benzene rings is 2. The van der Waals surface area contributed by atoms with Gasteiger partial charge in [-0.05, 0) is 28.8 Å². The maximum atomic E-state index is 5.42. The predicted octanol–water partition coefficient (Wildman–Crippen LogP) is 3.55. The highest BCUT2D eigenvalue weighted by Crippen LogP contribution is 2.31. The van der Waals surface area contributed by atoms with Gasteiger partial charge in [0.05, 0.1) is 14.2 Å². The van der Waals surface area contributed by atoms with Crippen LogP contribution in [0.4, 0.5) is 0 Å². The number of hydrogen-bond acceptors (Lipinski definition) is 2. The number of rotatable bonds is 4. The summed E-state index contributed by atoms with van der Waals surface area (Å²) in [5, 5.41) is 0. The zero-order chi connectivity index (χ0) is 13.7. The number of ether oxygens (including phenoxy) is 2. The minimum atomic E-state index is 0.607. The Bertz CT molecular complexity index is 587. The summed E-state index contributed by atoms with van der Waals surface area (Å²) in [5.41, 5.74) is 3.28. The summed E-state index contributed by atoms with van der Waals surface area (Å²) in [4.78, 5) is 0. The van der Waals surface area contributed by atoms with E-state index in [1.165, 1.54) is 0 Å². The highest BCUT2D eigenvalue weighted by atomic mass is 16.5. The summed E-state index contributed by atoms with van der Waals surface area (Å²) in [6.07, 6.45) is 6.03. The van der Waals surface area contributed by atoms with E-state index in [2.05, 4.69) is 12.0 Å². The van der Waals surface area contributed by atoms with Gasteiger partial charge in [-0.15, -0.1) is 12.3 Å². The van der Waals surface area contributed by atoms with Gasteiger partial charge in [0.15, 0.2) is 0 Å². The highest BCUT2D eigenvalue weighted by molar-refractivity contribution is 5.70. The Kier molecular flexibility index (Phi) is 4.10. The van der Waals surface area contributed by atoms with Gasteiger partial charge in [-0.25, -0.2) is 0 Å². The Morgan fingerprint density at radius 2 is 1.63 bits per heavy atom. The fourth-order valence-electron chi connectivity index (χ4n) is 2.03. The van der Waals surface area contributed by atoms with Crippen LogP contribution in [0.25, 0.3) is 11.1 Å². The van der Waals surface area contributed by atoms with Crippen molar-refractivity contribution in [3.05, 3.63) is 48.0 Å². The topological polar surface area (TPSA) is 18.5 Å². The molecule has 2 aromatic carbocycles. The van der Waals surface area contributed by atoms with Crippen LogP contribution >= 0.6 is 0 Å². The van der Waals surface area contributed by atoms with Crippen LogP contribution in [0.15, 0.2) is 42.5 Å². The number of hydrogen-bond donors (Lipinski definition) is 0. The van der Waals surface area contributed by atoms with Crippen LogP contribution in [-0.2, 0) is 6.42 Å². The molecular formula is C17H16O2. The molecule has 19 heavy (non-hydrogen) atoms. The molecule has 0 saturated heterocycles. The van der Waals surface area contributed by atoms with Crippen molar-refractivity contribution in [3.8, 4) is 35.0 Å². The Morgan fingerprint density at radius 1 is 1.00 bits per heavy atom. The van der Waals surface area contributed by atoms with Gasteiger partial charge < -0.3 is 9.47 Å². The second-order valence-electron chi connectivity index (χ2n) is 4.14. The van der Waals surface area contributed by atoms with Gasteiger partial charge >= 0.3 is 0 Å². The molecule has 0 fully saturated rings. The second-order valence-corrected chi connectivity index (χ2v) is 4.14. The molecule has 0 aliphatic rings. The standard InChI is InChI=1S/C17H16O2/c1-4-7-13-8-5-6-9-17(13)14-10-15(18-2)12-16(11-14)19-3/h1,5-6,8-12H,7H2,2-3H3. The molecule has 2 rings (SSSR count). The average molecular weight is 252 g/mol. The molecule has 0 aliphatic carbocycles. The molecule has 0 radical (unpaired) electrons. The van der Waals surface area contributed by atoms with Crippen LogP contribution in [0.2, 0.25) is 0 Å². The summed E-state index contributed by atoms with van der Waals surface area (Å²) in [6, 6.07) is 13.9. The first-order chi connectivity index (χ1) is 9.28. The van der Waals surface area contributed by atoms with Crippen molar-refractivity contribution in [1.29, 1.82) is 0 Å². The summed E-state index contributed by atoms with van der Waals surface area (Å²) < 4.78 is 10.6. The average Bonchev–Trinajstić information content (AvgIpc) is 2.47. The van der Waals surface area contributed by atoms with Crippen molar-refractivity contribution in [3.63, 3.8) is 0 Å². The van der Waals surface area contributed by atoms with Crippen LogP contribution < -0.4 is 9.47 Å². The van der Waals surface area contributed by atoms with Crippen molar-refractivity contribution in [2.75, 3.05) is 14.2 Å². The van der Waals surface area contributed by atoms with Gasteiger partial charge in [0.2, 0.25) is 0 Å². The van der Waals surface area contributed by atoms with Gasteiger partial charge in [0, 0.05) is 12.5 Å². The van der Waals surface area contributed by atoms with Gasteiger partial charge in [0.25, 0.3) is 0 Å². The Hall–Kier alpha value is -2.40. The molecule has 0 spiro atoms. The lowest BCUT2D eigenvalue weighted by atomic mass is 9.97.